The molecule has 2 rings (SSSR count). The highest BCUT2D eigenvalue weighted by atomic mass is 32.1. The fraction of sp³-hybridized carbons (Fsp3) is 0.286. The number of aryl methyl sites for hydroxylation is 1. The van der Waals surface area contributed by atoms with E-state index in [0.717, 1.165) is 5.82 Å². The van der Waals surface area contributed by atoms with Crippen molar-refractivity contribution in [3.05, 3.63) is 45.8 Å². The minimum absolute atomic E-state index is 0.211. The second kappa shape index (κ2) is 5.40. The lowest BCUT2D eigenvalue weighted by atomic mass is 10.2. The molecule has 19 heavy (non-hydrogen) atoms. The van der Waals surface area contributed by atoms with Crippen molar-refractivity contribution in [2.75, 3.05) is 11.9 Å². The zero-order chi connectivity index (χ0) is 14.0. The number of hydrogen-bond acceptors (Lipinski definition) is 4. The van der Waals surface area contributed by atoms with Crippen LogP contribution in [0.3, 0.4) is 0 Å². The Morgan fingerprint density at radius 3 is 2.68 bits per heavy atom. The van der Waals surface area contributed by atoms with Crippen LogP contribution in [0.1, 0.15) is 33.9 Å². The predicted octanol–water partition coefficient (Wildman–Crippen LogP) is 3.35. The Hall–Kier alpha value is -1.88. The van der Waals surface area contributed by atoms with E-state index in [4.69, 9.17) is 5.11 Å². The van der Waals surface area contributed by atoms with Gasteiger partial charge in [-0.1, -0.05) is 6.07 Å². The van der Waals surface area contributed by atoms with Crippen molar-refractivity contribution in [1.29, 1.82) is 0 Å². The molecule has 0 aliphatic rings. The van der Waals surface area contributed by atoms with Gasteiger partial charge in [0.15, 0.2) is 0 Å². The number of pyridine rings is 1. The van der Waals surface area contributed by atoms with Gasteiger partial charge >= 0.3 is 5.97 Å². The van der Waals surface area contributed by atoms with Gasteiger partial charge in [-0.2, -0.15) is 0 Å². The molecule has 0 aromatic carbocycles. The third kappa shape index (κ3) is 2.76. The molecule has 1 atom stereocenters. The smallest absolute Gasteiger partial charge is 0.337 e. The Kier molecular flexibility index (Phi) is 3.85. The molecule has 100 valence electrons. The lowest BCUT2D eigenvalue weighted by molar-refractivity contribution is 0.0695. The summed E-state index contributed by atoms with van der Waals surface area (Å²) in [7, 11) is 1.96. The van der Waals surface area contributed by atoms with E-state index in [2.05, 4.69) is 18.0 Å². The van der Waals surface area contributed by atoms with Crippen LogP contribution in [0.15, 0.2) is 29.6 Å². The number of nitrogens with zero attached hydrogens (tertiary/aromatic N) is 2. The number of carboxylic acid groups (broad SMARTS) is 1. The monoisotopic (exact) mass is 276 g/mol. The molecule has 0 radical (unpaired) electrons. The topological polar surface area (TPSA) is 53.4 Å². The van der Waals surface area contributed by atoms with Crippen LogP contribution in [-0.2, 0) is 0 Å². The average molecular weight is 276 g/mol. The number of rotatable bonds is 4. The lowest BCUT2D eigenvalue weighted by Gasteiger charge is -2.25. The third-order valence-corrected chi connectivity index (χ3v) is 4.24. The van der Waals surface area contributed by atoms with E-state index < -0.39 is 5.97 Å². The lowest BCUT2D eigenvalue weighted by Crippen LogP contribution is -2.22. The minimum atomic E-state index is -0.939. The summed E-state index contributed by atoms with van der Waals surface area (Å²) in [6, 6.07) is 7.68. The molecule has 0 aliphatic carbocycles. The van der Waals surface area contributed by atoms with Gasteiger partial charge in [0.25, 0.3) is 0 Å². The van der Waals surface area contributed by atoms with Crippen LogP contribution in [0.25, 0.3) is 0 Å². The summed E-state index contributed by atoms with van der Waals surface area (Å²) in [6.45, 7) is 3.82. The first-order valence-corrected chi connectivity index (χ1v) is 6.86. The molecule has 0 spiro atoms. The molecule has 0 bridgehead atoms. The van der Waals surface area contributed by atoms with Crippen LogP contribution < -0.4 is 4.90 Å². The molecule has 1 unspecified atom stereocenters. The average Bonchev–Trinajstić information content (AvgIpc) is 2.90. The number of anilines is 1. The van der Waals surface area contributed by atoms with E-state index in [9.17, 15) is 4.79 Å². The number of carbonyl (C=O) groups is 1. The second-order valence-corrected chi connectivity index (χ2v) is 5.39. The van der Waals surface area contributed by atoms with E-state index >= 15 is 0 Å². The zero-order valence-electron chi connectivity index (χ0n) is 11.1. The molecule has 1 N–H and O–H groups in total. The van der Waals surface area contributed by atoms with Crippen LogP contribution in [0, 0.1) is 6.92 Å². The first-order valence-electron chi connectivity index (χ1n) is 5.98. The largest absolute Gasteiger partial charge is 0.478 e. The van der Waals surface area contributed by atoms with Gasteiger partial charge in [0.2, 0.25) is 0 Å². The van der Waals surface area contributed by atoms with Crippen molar-refractivity contribution in [3.8, 4) is 0 Å². The Balaban J connectivity index is 2.27. The Labute approximate surface area is 116 Å². The van der Waals surface area contributed by atoms with Gasteiger partial charge in [0.05, 0.1) is 17.3 Å². The van der Waals surface area contributed by atoms with Crippen LogP contribution in [0.4, 0.5) is 5.82 Å². The first kappa shape index (κ1) is 13.5. The summed E-state index contributed by atoms with van der Waals surface area (Å²) < 4.78 is 0. The Morgan fingerprint density at radius 1 is 1.42 bits per heavy atom. The fourth-order valence-electron chi connectivity index (χ4n) is 1.89. The minimum Gasteiger partial charge on any atom is -0.478 e. The summed E-state index contributed by atoms with van der Waals surface area (Å²) in [5.41, 5.74) is 0.788. The highest BCUT2D eigenvalue weighted by Gasteiger charge is 2.16. The summed E-state index contributed by atoms with van der Waals surface area (Å²) in [5.74, 6) is -0.158. The fourth-order valence-corrected chi connectivity index (χ4v) is 2.71. The molecule has 0 saturated carbocycles. The maximum absolute atomic E-state index is 11.0. The van der Waals surface area contributed by atoms with E-state index in [1.54, 1.807) is 30.4 Å². The number of carboxylic acids is 1. The number of thiophene rings is 1. The maximum Gasteiger partial charge on any atom is 0.337 e. The summed E-state index contributed by atoms with van der Waals surface area (Å²) in [5, 5.41) is 11.1. The number of hydrogen-bond donors (Lipinski definition) is 1. The van der Waals surface area contributed by atoms with E-state index in [0.29, 0.717) is 5.69 Å². The summed E-state index contributed by atoms with van der Waals surface area (Å²) in [6.07, 6.45) is 0. The van der Waals surface area contributed by atoms with Gasteiger partial charge in [-0.25, -0.2) is 9.78 Å². The normalized spacial score (nSPS) is 12.2. The van der Waals surface area contributed by atoms with Crippen molar-refractivity contribution >= 4 is 23.1 Å². The van der Waals surface area contributed by atoms with Crippen LogP contribution in [-0.4, -0.2) is 23.1 Å². The van der Waals surface area contributed by atoms with Gasteiger partial charge < -0.3 is 10.0 Å². The Bertz CT molecular complexity index is 581. The van der Waals surface area contributed by atoms with Crippen molar-refractivity contribution < 1.29 is 9.90 Å². The molecule has 0 aliphatic heterocycles. The van der Waals surface area contributed by atoms with Gasteiger partial charge in [0.1, 0.15) is 5.82 Å². The zero-order valence-corrected chi connectivity index (χ0v) is 11.9. The van der Waals surface area contributed by atoms with Crippen molar-refractivity contribution in [2.24, 2.45) is 0 Å². The standard InChI is InChI=1S/C14H16N2O2S/c1-9-11(14(17)18)6-7-13(15-9)16(3)10(2)12-5-4-8-19-12/h4-8,10H,1-3H3,(H,17,18). The van der Waals surface area contributed by atoms with Crippen molar-refractivity contribution in [2.45, 2.75) is 19.9 Å². The third-order valence-electron chi connectivity index (χ3n) is 3.20. The van der Waals surface area contributed by atoms with Gasteiger partial charge in [-0.05, 0) is 37.4 Å². The second-order valence-electron chi connectivity index (χ2n) is 4.41. The highest BCUT2D eigenvalue weighted by Crippen LogP contribution is 2.27. The van der Waals surface area contributed by atoms with E-state index in [1.165, 1.54) is 4.88 Å². The predicted molar refractivity (Wildman–Crippen MR) is 77.1 cm³/mol. The maximum atomic E-state index is 11.0. The molecule has 2 aromatic heterocycles. The molecule has 2 heterocycles. The van der Waals surface area contributed by atoms with E-state index in [-0.39, 0.29) is 11.6 Å². The van der Waals surface area contributed by atoms with Crippen LogP contribution in [0.5, 0.6) is 0 Å². The number of aromatic carboxylic acids is 1. The molecule has 2 aromatic rings. The van der Waals surface area contributed by atoms with Gasteiger partial charge in [-0.3, -0.25) is 0 Å². The highest BCUT2D eigenvalue weighted by molar-refractivity contribution is 7.10. The first-order chi connectivity index (χ1) is 9.00. The Morgan fingerprint density at radius 2 is 2.16 bits per heavy atom. The van der Waals surface area contributed by atoms with E-state index in [1.807, 2.05) is 23.4 Å². The molecule has 4 nitrogen and oxygen atoms in total. The SMILES string of the molecule is Cc1nc(N(C)C(C)c2cccs2)ccc1C(=O)O. The molecule has 5 heteroatoms. The summed E-state index contributed by atoms with van der Waals surface area (Å²) in [4.78, 5) is 18.6. The van der Waals surface area contributed by atoms with Crippen molar-refractivity contribution in [1.82, 2.24) is 4.98 Å². The quantitative estimate of drug-likeness (QED) is 0.930. The molecule has 0 fully saturated rings. The van der Waals surface area contributed by atoms with Gasteiger partial charge in [0, 0.05) is 11.9 Å². The van der Waals surface area contributed by atoms with Crippen molar-refractivity contribution in [3.63, 3.8) is 0 Å². The molecule has 0 saturated heterocycles. The molecular formula is C14H16N2O2S. The molecule has 0 amide bonds. The van der Waals surface area contributed by atoms with Gasteiger partial charge in [-0.15, -0.1) is 11.3 Å². The van der Waals surface area contributed by atoms with Crippen LogP contribution >= 0.6 is 11.3 Å². The molecular weight excluding hydrogens is 260 g/mol. The number of aromatic nitrogens is 1. The van der Waals surface area contributed by atoms with Crippen LogP contribution in [0.2, 0.25) is 0 Å². The summed E-state index contributed by atoms with van der Waals surface area (Å²) >= 11 is 1.70.